The van der Waals surface area contributed by atoms with Gasteiger partial charge < -0.3 is 5.32 Å². The molecular formula is C16H8Cl3N3S2. The van der Waals surface area contributed by atoms with E-state index in [9.17, 15) is 0 Å². The lowest BCUT2D eigenvalue weighted by Crippen LogP contribution is -1.88. The molecule has 0 fully saturated rings. The van der Waals surface area contributed by atoms with Crippen LogP contribution in [-0.2, 0) is 0 Å². The fourth-order valence-electron chi connectivity index (χ4n) is 2.23. The van der Waals surface area contributed by atoms with E-state index in [1.165, 1.54) is 11.3 Å². The van der Waals surface area contributed by atoms with Crippen molar-refractivity contribution in [1.29, 1.82) is 0 Å². The second kappa shape index (κ2) is 6.50. The number of rotatable bonds is 3. The molecule has 24 heavy (non-hydrogen) atoms. The lowest BCUT2D eigenvalue weighted by atomic mass is 10.2. The molecule has 0 amide bonds. The van der Waals surface area contributed by atoms with Crippen LogP contribution < -0.4 is 5.32 Å². The molecule has 2 aromatic carbocycles. The molecule has 0 saturated heterocycles. The normalized spacial score (nSPS) is 11.1. The average Bonchev–Trinajstić information content (AvgIpc) is 3.13. The highest BCUT2D eigenvalue weighted by molar-refractivity contribution is 7.27. The van der Waals surface area contributed by atoms with E-state index in [2.05, 4.69) is 15.5 Å². The number of nitrogens with one attached hydrogen (secondary N) is 1. The quantitative estimate of drug-likeness (QED) is 0.389. The van der Waals surface area contributed by atoms with Gasteiger partial charge in [0, 0.05) is 25.8 Å². The van der Waals surface area contributed by atoms with Gasteiger partial charge in [-0.3, -0.25) is 0 Å². The molecule has 8 heteroatoms. The molecule has 0 atom stereocenters. The second-order valence-corrected chi connectivity index (χ2v) is 8.21. The summed E-state index contributed by atoms with van der Waals surface area (Å²) >= 11 is 21.6. The maximum Gasteiger partial charge on any atom is 0.210 e. The minimum Gasteiger partial charge on any atom is -0.330 e. The van der Waals surface area contributed by atoms with Crippen LogP contribution in [0, 0.1) is 0 Å². The number of hydrogen-bond acceptors (Lipinski definition) is 5. The molecule has 0 spiro atoms. The Morgan fingerprint density at radius 1 is 0.875 bits per heavy atom. The van der Waals surface area contributed by atoms with Crippen molar-refractivity contribution in [3.8, 4) is 9.88 Å². The number of hydrogen-bond donors (Lipinski definition) is 1. The van der Waals surface area contributed by atoms with Crippen LogP contribution in [-0.4, -0.2) is 10.2 Å². The van der Waals surface area contributed by atoms with Crippen molar-refractivity contribution in [3.63, 3.8) is 0 Å². The van der Waals surface area contributed by atoms with Crippen molar-refractivity contribution >= 4 is 78.4 Å². The summed E-state index contributed by atoms with van der Waals surface area (Å²) in [6, 6.07) is 13.1. The van der Waals surface area contributed by atoms with Gasteiger partial charge in [-0.2, -0.15) is 0 Å². The van der Waals surface area contributed by atoms with Gasteiger partial charge >= 0.3 is 0 Å². The number of halogens is 3. The topological polar surface area (TPSA) is 37.8 Å². The van der Waals surface area contributed by atoms with Gasteiger partial charge in [0.25, 0.3) is 0 Å². The van der Waals surface area contributed by atoms with Crippen molar-refractivity contribution in [2.75, 3.05) is 5.32 Å². The number of fused-ring (bicyclic) bond motifs is 1. The lowest BCUT2D eigenvalue weighted by Gasteiger charge is -2.01. The Labute approximate surface area is 160 Å². The first kappa shape index (κ1) is 16.1. The zero-order valence-corrected chi connectivity index (χ0v) is 15.8. The minimum atomic E-state index is 0.656. The van der Waals surface area contributed by atoms with Gasteiger partial charge in [-0.05, 0) is 36.4 Å². The van der Waals surface area contributed by atoms with E-state index in [0.717, 1.165) is 25.7 Å². The molecule has 2 heterocycles. The van der Waals surface area contributed by atoms with E-state index in [-0.39, 0.29) is 0 Å². The van der Waals surface area contributed by atoms with Crippen LogP contribution in [0.2, 0.25) is 15.1 Å². The first-order valence-electron chi connectivity index (χ1n) is 6.84. The Morgan fingerprint density at radius 2 is 1.71 bits per heavy atom. The zero-order valence-electron chi connectivity index (χ0n) is 11.9. The molecule has 2 aromatic heterocycles. The summed E-state index contributed by atoms with van der Waals surface area (Å²) in [4.78, 5) is 0.894. The molecule has 3 nitrogen and oxygen atoms in total. The molecule has 0 radical (unpaired) electrons. The third-order valence-electron chi connectivity index (χ3n) is 3.28. The smallest absolute Gasteiger partial charge is 0.210 e. The molecule has 1 N–H and O–H groups in total. The SMILES string of the molecule is Clc1cccc(Nc2nnc(-c3sc4ccc(Cl)cc4c3Cl)s2)c1. The van der Waals surface area contributed by atoms with E-state index in [4.69, 9.17) is 34.8 Å². The highest BCUT2D eigenvalue weighted by atomic mass is 35.5. The van der Waals surface area contributed by atoms with Gasteiger partial charge in [0.15, 0.2) is 5.01 Å². The van der Waals surface area contributed by atoms with Gasteiger partial charge in [0.1, 0.15) is 0 Å². The van der Waals surface area contributed by atoms with Gasteiger partial charge in [0.2, 0.25) is 5.13 Å². The van der Waals surface area contributed by atoms with Gasteiger partial charge in [-0.25, -0.2) is 0 Å². The number of anilines is 2. The standard InChI is InChI=1S/C16H8Cl3N3S2/c17-8-2-1-3-10(6-8)20-16-22-21-15(24-16)14-13(19)11-7-9(18)4-5-12(11)23-14/h1-7H,(H,20,22). The molecule has 0 aliphatic heterocycles. The molecular weight excluding hydrogens is 405 g/mol. The Kier molecular flexibility index (Phi) is 4.37. The molecule has 4 rings (SSSR count). The summed E-state index contributed by atoms with van der Waals surface area (Å²) in [5, 5.41) is 16.0. The predicted octanol–water partition coefficient (Wildman–Crippen LogP) is 7.12. The van der Waals surface area contributed by atoms with Crippen molar-refractivity contribution in [3.05, 3.63) is 57.5 Å². The van der Waals surface area contributed by atoms with Crippen LogP contribution in [0.1, 0.15) is 0 Å². The predicted molar refractivity (Wildman–Crippen MR) is 105 cm³/mol. The Balaban J connectivity index is 1.69. The molecule has 0 unspecified atom stereocenters. The molecule has 0 aliphatic rings. The number of nitrogens with zero attached hydrogens (tertiary/aromatic N) is 2. The van der Waals surface area contributed by atoms with Crippen molar-refractivity contribution < 1.29 is 0 Å². The zero-order chi connectivity index (χ0) is 16.7. The summed E-state index contributed by atoms with van der Waals surface area (Å²) in [6.07, 6.45) is 0. The summed E-state index contributed by atoms with van der Waals surface area (Å²) in [5.74, 6) is 0. The van der Waals surface area contributed by atoms with E-state index < -0.39 is 0 Å². The lowest BCUT2D eigenvalue weighted by molar-refractivity contribution is 1.10. The Bertz CT molecular complexity index is 1040. The summed E-state index contributed by atoms with van der Waals surface area (Å²) in [6.45, 7) is 0. The van der Waals surface area contributed by atoms with Crippen molar-refractivity contribution in [2.24, 2.45) is 0 Å². The van der Waals surface area contributed by atoms with Crippen molar-refractivity contribution in [1.82, 2.24) is 10.2 Å². The third-order valence-corrected chi connectivity index (χ3v) is 6.42. The van der Waals surface area contributed by atoms with Gasteiger partial charge in [-0.15, -0.1) is 21.5 Å². The van der Waals surface area contributed by atoms with E-state index in [0.29, 0.717) is 20.2 Å². The summed E-state index contributed by atoms with van der Waals surface area (Å²) in [7, 11) is 0. The highest BCUT2D eigenvalue weighted by Crippen LogP contribution is 2.44. The number of benzene rings is 2. The second-order valence-electron chi connectivity index (χ2n) is 4.93. The Morgan fingerprint density at radius 3 is 2.54 bits per heavy atom. The molecule has 4 aromatic rings. The first-order chi connectivity index (χ1) is 11.6. The van der Waals surface area contributed by atoms with Crippen molar-refractivity contribution in [2.45, 2.75) is 0 Å². The van der Waals surface area contributed by atoms with E-state index in [1.807, 2.05) is 42.5 Å². The monoisotopic (exact) mass is 411 g/mol. The molecule has 120 valence electrons. The third kappa shape index (κ3) is 3.10. The maximum absolute atomic E-state index is 6.51. The average molecular weight is 413 g/mol. The van der Waals surface area contributed by atoms with E-state index >= 15 is 0 Å². The minimum absolute atomic E-state index is 0.656. The first-order valence-corrected chi connectivity index (χ1v) is 9.61. The van der Waals surface area contributed by atoms with E-state index in [1.54, 1.807) is 11.3 Å². The Hall–Kier alpha value is -1.37. The van der Waals surface area contributed by atoms with Crippen LogP contribution >= 0.6 is 57.5 Å². The summed E-state index contributed by atoms with van der Waals surface area (Å²) in [5.41, 5.74) is 0.861. The molecule has 0 saturated carbocycles. The van der Waals surface area contributed by atoms with Crippen LogP contribution in [0.15, 0.2) is 42.5 Å². The fraction of sp³-hybridized carbons (Fsp3) is 0. The van der Waals surface area contributed by atoms with Crippen LogP contribution in [0.4, 0.5) is 10.8 Å². The fourth-order valence-corrected chi connectivity index (χ4v) is 4.98. The van der Waals surface area contributed by atoms with Gasteiger partial charge in [-0.1, -0.05) is 52.2 Å². The van der Waals surface area contributed by atoms with Crippen LogP contribution in [0.5, 0.6) is 0 Å². The van der Waals surface area contributed by atoms with Gasteiger partial charge in [0.05, 0.1) is 9.90 Å². The number of thiophene rings is 1. The highest BCUT2D eigenvalue weighted by Gasteiger charge is 2.16. The largest absolute Gasteiger partial charge is 0.330 e. The number of aromatic nitrogens is 2. The molecule has 0 aliphatic carbocycles. The maximum atomic E-state index is 6.51. The van der Waals surface area contributed by atoms with Crippen LogP contribution in [0.3, 0.4) is 0 Å². The summed E-state index contributed by atoms with van der Waals surface area (Å²) < 4.78 is 1.07. The molecule has 0 bridgehead atoms. The van der Waals surface area contributed by atoms with Crippen LogP contribution in [0.25, 0.3) is 20.0 Å².